The first-order valence-corrected chi connectivity index (χ1v) is 14.5. The molecule has 0 radical (unpaired) electrons. The van der Waals surface area contributed by atoms with Gasteiger partial charge in [-0.05, 0) is 51.1 Å². The summed E-state index contributed by atoms with van der Waals surface area (Å²) in [5.74, 6) is -0.399. The fourth-order valence-electron chi connectivity index (χ4n) is 5.88. The van der Waals surface area contributed by atoms with Gasteiger partial charge in [0.2, 0.25) is 5.91 Å². The molecule has 2 atom stereocenters. The van der Waals surface area contributed by atoms with Crippen LogP contribution < -0.4 is 16.4 Å². The minimum Gasteiger partial charge on any atom is -0.367 e. The Morgan fingerprint density at radius 1 is 0.829 bits per heavy atom. The Bertz CT molecular complexity index is 1490. The number of urea groups is 1. The molecule has 5 N–H and O–H groups in total. The fourth-order valence-corrected chi connectivity index (χ4v) is 5.88. The van der Waals surface area contributed by atoms with Crippen molar-refractivity contribution in [1.82, 2.24) is 15.6 Å². The number of carbonyl (C=O) groups is 2. The second-order valence-electron chi connectivity index (χ2n) is 12.7. The number of para-hydroxylation sites is 1. The number of rotatable bonds is 9. The Morgan fingerprint density at radius 3 is 1.98 bits per heavy atom. The molecule has 3 aromatic carbocycles. The van der Waals surface area contributed by atoms with Gasteiger partial charge >= 0.3 is 6.03 Å². The van der Waals surface area contributed by atoms with Crippen LogP contribution >= 0.6 is 0 Å². The number of aromatic nitrogens is 1. The lowest BCUT2D eigenvalue weighted by atomic mass is 9.74. The van der Waals surface area contributed by atoms with E-state index in [1.165, 1.54) is 0 Å². The Hall–Kier alpha value is -4.06. The molecular weight excluding hydrogens is 508 g/mol. The van der Waals surface area contributed by atoms with E-state index in [4.69, 9.17) is 5.73 Å². The fraction of sp³-hybridized carbons (Fsp3) is 0.371. The van der Waals surface area contributed by atoms with Crippen molar-refractivity contribution in [2.24, 2.45) is 11.1 Å². The number of aromatic amines is 1. The maximum absolute atomic E-state index is 14.1. The van der Waals surface area contributed by atoms with Crippen LogP contribution in [0.5, 0.6) is 0 Å². The van der Waals surface area contributed by atoms with Crippen molar-refractivity contribution in [2.75, 3.05) is 0 Å². The smallest absolute Gasteiger partial charge is 0.316 e. The first-order valence-electron chi connectivity index (χ1n) is 14.5. The van der Waals surface area contributed by atoms with Crippen LogP contribution in [0.15, 0.2) is 79.0 Å². The number of nitrogens with one attached hydrogen (secondary N) is 3. The molecule has 0 spiro atoms. The summed E-state index contributed by atoms with van der Waals surface area (Å²) in [7, 11) is 0. The molecule has 0 aliphatic heterocycles. The van der Waals surface area contributed by atoms with Gasteiger partial charge in [0.25, 0.3) is 0 Å². The van der Waals surface area contributed by atoms with Gasteiger partial charge in [-0.1, -0.05) is 115 Å². The molecule has 0 aliphatic carbocycles. The van der Waals surface area contributed by atoms with Crippen LogP contribution in [-0.2, 0) is 16.8 Å². The predicted molar refractivity (Wildman–Crippen MR) is 168 cm³/mol. The summed E-state index contributed by atoms with van der Waals surface area (Å²) in [5.41, 5.74) is 10.2. The molecule has 3 amide bonds. The lowest BCUT2D eigenvalue weighted by molar-refractivity contribution is -0.124. The molecule has 41 heavy (non-hydrogen) atoms. The second kappa shape index (κ2) is 11.8. The highest BCUT2D eigenvalue weighted by Crippen LogP contribution is 2.40. The van der Waals surface area contributed by atoms with E-state index in [0.29, 0.717) is 0 Å². The van der Waals surface area contributed by atoms with Crippen LogP contribution in [0.4, 0.5) is 4.79 Å². The molecule has 216 valence electrons. The SMILES string of the molecule is CC(C)c1cccc(C(C)C)c1C(Cc1c[nH]c2ccccc12)(NC(=O)NC(c1ccccc1)C(C)(C)C)C(N)=O. The van der Waals surface area contributed by atoms with Crippen molar-refractivity contribution < 1.29 is 9.59 Å². The summed E-state index contributed by atoms with van der Waals surface area (Å²) >= 11 is 0. The number of nitrogens with two attached hydrogens (primary N) is 1. The highest BCUT2D eigenvalue weighted by atomic mass is 16.2. The highest BCUT2D eigenvalue weighted by molar-refractivity contribution is 5.94. The van der Waals surface area contributed by atoms with Gasteiger partial charge in [-0.15, -0.1) is 0 Å². The molecule has 2 unspecified atom stereocenters. The average molecular weight is 553 g/mol. The van der Waals surface area contributed by atoms with E-state index in [-0.39, 0.29) is 29.7 Å². The van der Waals surface area contributed by atoms with Crippen LogP contribution in [-0.4, -0.2) is 16.9 Å². The summed E-state index contributed by atoms with van der Waals surface area (Å²) < 4.78 is 0. The average Bonchev–Trinajstić information content (AvgIpc) is 3.33. The molecule has 6 nitrogen and oxygen atoms in total. The van der Waals surface area contributed by atoms with Gasteiger partial charge in [0.15, 0.2) is 5.54 Å². The summed E-state index contributed by atoms with van der Waals surface area (Å²) in [5, 5.41) is 7.37. The van der Waals surface area contributed by atoms with Crippen LogP contribution in [0.2, 0.25) is 0 Å². The van der Waals surface area contributed by atoms with E-state index >= 15 is 0 Å². The van der Waals surface area contributed by atoms with E-state index in [1.54, 1.807) is 0 Å². The molecule has 1 heterocycles. The Balaban J connectivity index is 1.90. The number of benzene rings is 3. The molecule has 0 fully saturated rings. The van der Waals surface area contributed by atoms with Crippen molar-refractivity contribution in [2.45, 2.75) is 78.3 Å². The quantitative estimate of drug-likeness (QED) is 0.174. The van der Waals surface area contributed by atoms with Gasteiger partial charge in [-0.2, -0.15) is 0 Å². The van der Waals surface area contributed by atoms with Crippen LogP contribution in [0.3, 0.4) is 0 Å². The number of H-pyrrole nitrogens is 1. The topological polar surface area (TPSA) is 100 Å². The molecule has 1 aromatic heterocycles. The summed E-state index contributed by atoms with van der Waals surface area (Å²) in [4.78, 5) is 31.3. The normalized spacial score (nSPS) is 14.2. The van der Waals surface area contributed by atoms with E-state index in [0.717, 1.165) is 38.7 Å². The molecule has 0 saturated carbocycles. The molecule has 0 saturated heterocycles. The minimum absolute atomic E-state index is 0.0990. The number of hydrogen-bond acceptors (Lipinski definition) is 2. The van der Waals surface area contributed by atoms with Gasteiger partial charge < -0.3 is 21.4 Å². The molecule has 6 heteroatoms. The molecular formula is C35H44N4O2. The van der Waals surface area contributed by atoms with Gasteiger partial charge in [0.05, 0.1) is 6.04 Å². The maximum Gasteiger partial charge on any atom is 0.316 e. The zero-order valence-corrected chi connectivity index (χ0v) is 25.3. The number of primary amides is 1. The predicted octanol–water partition coefficient (Wildman–Crippen LogP) is 7.42. The lowest BCUT2D eigenvalue weighted by Crippen LogP contribution is -2.60. The Morgan fingerprint density at radius 2 is 1.41 bits per heavy atom. The maximum atomic E-state index is 14.1. The number of amides is 3. The zero-order chi connectivity index (χ0) is 29.9. The van der Waals surface area contributed by atoms with Crippen molar-refractivity contribution in [1.29, 1.82) is 0 Å². The monoisotopic (exact) mass is 552 g/mol. The third kappa shape index (κ3) is 6.17. The van der Waals surface area contributed by atoms with Gasteiger partial charge in [0.1, 0.15) is 0 Å². The Labute approximate surface area is 244 Å². The van der Waals surface area contributed by atoms with Crippen LogP contribution in [0.25, 0.3) is 10.9 Å². The van der Waals surface area contributed by atoms with Crippen LogP contribution in [0.1, 0.15) is 94.2 Å². The molecule has 0 aliphatic rings. The van der Waals surface area contributed by atoms with Crippen LogP contribution in [0, 0.1) is 5.41 Å². The summed E-state index contributed by atoms with van der Waals surface area (Å²) in [6.07, 6.45) is 2.12. The van der Waals surface area contributed by atoms with Gasteiger partial charge in [0, 0.05) is 23.5 Å². The van der Waals surface area contributed by atoms with Crippen molar-refractivity contribution >= 4 is 22.8 Å². The van der Waals surface area contributed by atoms with E-state index in [2.05, 4.69) is 64.1 Å². The first-order chi connectivity index (χ1) is 19.3. The third-order valence-electron chi connectivity index (χ3n) is 7.95. The van der Waals surface area contributed by atoms with Crippen molar-refractivity contribution in [3.63, 3.8) is 0 Å². The van der Waals surface area contributed by atoms with Crippen molar-refractivity contribution in [3.05, 3.63) is 107 Å². The van der Waals surface area contributed by atoms with Gasteiger partial charge in [-0.3, -0.25) is 4.79 Å². The zero-order valence-electron chi connectivity index (χ0n) is 25.3. The highest BCUT2D eigenvalue weighted by Gasteiger charge is 2.45. The van der Waals surface area contributed by atoms with Crippen molar-refractivity contribution in [3.8, 4) is 0 Å². The van der Waals surface area contributed by atoms with E-state index in [1.807, 2.05) is 79.0 Å². The van der Waals surface area contributed by atoms with E-state index < -0.39 is 17.5 Å². The second-order valence-corrected chi connectivity index (χ2v) is 12.7. The van der Waals surface area contributed by atoms with Gasteiger partial charge in [-0.25, -0.2) is 4.79 Å². The molecule has 4 aromatic rings. The summed E-state index contributed by atoms with van der Waals surface area (Å²) in [6, 6.07) is 23.2. The molecule has 0 bridgehead atoms. The summed E-state index contributed by atoms with van der Waals surface area (Å²) in [6.45, 7) is 14.7. The third-order valence-corrected chi connectivity index (χ3v) is 7.95. The first kappa shape index (κ1) is 29.9. The number of hydrogen-bond donors (Lipinski definition) is 4. The Kier molecular flexibility index (Phi) is 8.62. The number of carbonyl (C=O) groups excluding carboxylic acids is 2. The standard InChI is InChI=1S/C35H44N4O2/c1-22(2)26-17-13-18-27(23(3)4)30(26)35(32(36)40,20-25-21-37-29-19-12-11-16-28(25)29)39-33(41)38-31(34(5,6)7)24-14-9-8-10-15-24/h8-19,21-23,31,37H,20H2,1-7H3,(H2,36,40)(H2,38,39,41). The molecule has 4 rings (SSSR count). The largest absolute Gasteiger partial charge is 0.367 e. The number of fused-ring (bicyclic) bond motifs is 1. The van der Waals surface area contributed by atoms with E-state index in [9.17, 15) is 9.59 Å². The minimum atomic E-state index is -1.51. The lowest BCUT2D eigenvalue weighted by Gasteiger charge is -2.39.